The molecule has 0 bridgehead atoms. The number of rotatable bonds is 3. The molecule has 0 aliphatic heterocycles. The van der Waals surface area contributed by atoms with Gasteiger partial charge in [-0.15, -0.1) is 10.2 Å². The maximum Gasteiger partial charge on any atom is 0.197 e. The number of aromatic nitrogens is 4. The molecule has 90 valence electrons. The molecular weight excluding hydrogens is 236 g/mol. The smallest absolute Gasteiger partial charge is 0.197 e. The van der Waals surface area contributed by atoms with Crippen molar-refractivity contribution in [3.63, 3.8) is 0 Å². The van der Waals surface area contributed by atoms with Crippen molar-refractivity contribution in [3.05, 3.63) is 29.7 Å². The number of hydrogen-bond acceptors (Lipinski definition) is 5. The molecule has 1 atom stereocenters. The minimum absolute atomic E-state index is 0.487. The summed E-state index contributed by atoms with van der Waals surface area (Å²) >= 11 is 1.43. The summed E-state index contributed by atoms with van der Waals surface area (Å²) in [5.74, 6) is 0.860. The van der Waals surface area contributed by atoms with E-state index in [1.54, 1.807) is 19.2 Å². The van der Waals surface area contributed by atoms with Crippen LogP contribution in [0.5, 0.6) is 0 Å². The van der Waals surface area contributed by atoms with E-state index in [-0.39, 0.29) is 0 Å². The summed E-state index contributed by atoms with van der Waals surface area (Å²) in [7, 11) is 1.91. The van der Waals surface area contributed by atoms with E-state index in [1.165, 1.54) is 11.8 Å². The highest BCUT2D eigenvalue weighted by atomic mass is 32.2. The largest absolute Gasteiger partial charge is 0.389 e. The van der Waals surface area contributed by atoms with Crippen LogP contribution in [0.15, 0.2) is 28.5 Å². The Balaban J connectivity index is 2.24. The Kier molecular flexibility index (Phi) is 3.44. The van der Waals surface area contributed by atoms with Crippen LogP contribution in [-0.2, 0) is 7.05 Å². The zero-order chi connectivity index (χ0) is 12.4. The number of nitrogens with zero attached hydrogens (tertiary/aromatic N) is 4. The summed E-state index contributed by atoms with van der Waals surface area (Å²) in [4.78, 5) is 4.24. The van der Waals surface area contributed by atoms with Crippen LogP contribution in [0.1, 0.15) is 24.4 Å². The van der Waals surface area contributed by atoms with Crippen molar-refractivity contribution < 1.29 is 5.11 Å². The van der Waals surface area contributed by atoms with Gasteiger partial charge in [-0.1, -0.05) is 0 Å². The van der Waals surface area contributed by atoms with E-state index in [0.29, 0.717) is 0 Å². The molecule has 0 saturated carbocycles. The average molecular weight is 250 g/mol. The molecule has 0 radical (unpaired) electrons. The van der Waals surface area contributed by atoms with Gasteiger partial charge >= 0.3 is 0 Å². The first-order chi connectivity index (χ1) is 8.08. The van der Waals surface area contributed by atoms with Gasteiger partial charge in [-0.05, 0) is 43.3 Å². The molecule has 2 aromatic rings. The third kappa shape index (κ3) is 2.65. The molecule has 0 saturated heterocycles. The Hall–Kier alpha value is -1.40. The van der Waals surface area contributed by atoms with E-state index >= 15 is 0 Å². The van der Waals surface area contributed by atoms with E-state index in [4.69, 9.17) is 0 Å². The quantitative estimate of drug-likeness (QED) is 0.898. The average Bonchev–Trinajstić information content (AvgIpc) is 2.61. The predicted octanol–water partition coefficient (Wildman–Crippen LogP) is 1.72. The maximum atomic E-state index is 9.50. The van der Waals surface area contributed by atoms with E-state index in [9.17, 15) is 5.11 Å². The Morgan fingerprint density at radius 1 is 1.41 bits per heavy atom. The van der Waals surface area contributed by atoms with Crippen molar-refractivity contribution in [2.24, 2.45) is 7.05 Å². The minimum atomic E-state index is -0.487. The van der Waals surface area contributed by atoms with Gasteiger partial charge in [-0.2, -0.15) is 0 Å². The summed E-state index contributed by atoms with van der Waals surface area (Å²) in [6, 6.07) is 3.66. The van der Waals surface area contributed by atoms with Crippen LogP contribution in [0.4, 0.5) is 0 Å². The van der Waals surface area contributed by atoms with Gasteiger partial charge in [0.05, 0.1) is 6.10 Å². The van der Waals surface area contributed by atoms with Crippen molar-refractivity contribution in [2.45, 2.75) is 30.1 Å². The Labute approximate surface area is 104 Å². The molecule has 0 aliphatic rings. The highest BCUT2D eigenvalue weighted by Gasteiger charge is 2.09. The Bertz CT molecular complexity index is 524. The molecule has 5 nitrogen and oxygen atoms in total. The van der Waals surface area contributed by atoms with E-state index in [2.05, 4.69) is 15.2 Å². The van der Waals surface area contributed by atoms with Gasteiger partial charge in [0.2, 0.25) is 0 Å². The molecule has 0 fully saturated rings. The molecule has 0 amide bonds. The summed E-state index contributed by atoms with van der Waals surface area (Å²) in [6.45, 7) is 3.63. The van der Waals surface area contributed by atoms with Crippen molar-refractivity contribution in [2.75, 3.05) is 0 Å². The topological polar surface area (TPSA) is 63.8 Å². The second kappa shape index (κ2) is 4.85. The summed E-state index contributed by atoms with van der Waals surface area (Å²) in [5, 5.41) is 19.1. The number of aryl methyl sites for hydroxylation is 1. The molecule has 6 heteroatoms. The van der Waals surface area contributed by atoms with Crippen LogP contribution < -0.4 is 0 Å². The Morgan fingerprint density at radius 2 is 2.18 bits per heavy atom. The van der Waals surface area contributed by atoms with Crippen molar-refractivity contribution in [1.29, 1.82) is 0 Å². The minimum Gasteiger partial charge on any atom is -0.389 e. The van der Waals surface area contributed by atoms with Crippen LogP contribution in [0, 0.1) is 6.92 Å². The van der Waals surface area contributed by atoms with Gasteiger partial charge in [0.15, 0.2) is 5.16 Å². The van der Waals surface area contributed by atoms with E-state index in [0.717, 1.165) is 21.6 Å². The summed E-state index contributed by atoms with van der Waals surface area (Å²) in [5.41, 5.74) is 0.849. The fourth-order valence-corrected chi connectivity index (χ4v) is 2.16. The summed E-state index contributed by atoms with van der Waals surface area (Å²) < 4.78 is 1.90. The lowest BCUT2D eigenvalue weighted by molar-refractivity contribution is 0.199. The fraction of sp³-hybridized carbons (Fsp3) is 0.364. The number of pyridine rings is 1. The molecule has 17 heavy (non-hydrogen) atoms. The number of aliphatic hydroxyl groups excluding tert-OH is 1. The van der Waals surface area contributed by atoms with Crippen LogP contribution in [0.3, 0.4) is 0 Å². The standard InChI is InChI=1S/C11H14N4OS/c1-7(16)9-4-5-12-10(6-9)17-11-14-13-8(2)15(11)3/h4-7,16H,1-3H3. The molecule has 0 aliphatic carbocycles. The third-order valence-corrected chi connectivity index (χ3v) is 3.46. The lowest BCUT2D eigenvalue weighted by Gasteiger charge is -2.06. The molecule has 2 heterocycles. The van der Waals surface area contributed by atoms with Gasteiger partial charge in [0.1, 0.15) is 10.9 Å². The number of aliphatic hydroxyl groups is 1. The van der Waals surface area contributed by atoms with Crippen molar-refractivity contribution in [1.82, 2.24) is 19.7 Å². The van der Waals surface area contributed by atoms with Crippen LogP contribution in [0.25, 0.3) is 0 Å². The van der Waals surface area contributed by atoms with Gasteiger partial charge in [-0.25, -0.2) is 4.98 Å². The van der Waals surface area contributed by atoms with Crippen LogP contribution >= 0.6 is 11.8 Å². The normalized spacial score (nSPS) is 12.7. The lowest BCUT2D eigenvalue weighted by atomic mass is 10.2. The molecule has 2 rings (SSSR count). The second-order valence-electron chi connectivity index (χ2n) is 3.79. The maximum absolute atomic E-state index is 9.50. The molecule has 2 aromatic heterocycles. The molecule has 1 unspecified atom stereocenters. The zero-order valence-electron chi connectivity index (χ0n) is 9.95. The third-order valence-electron chi connectivity index (χ3n) is 2.49. The zero-order valence-corrected chi connectivity index (χ0v) is 10.8. The van der Waals surface area contributed by atoms with Gasteiger partial charge < -0.3 is 9.67 Å². The highest BCUT2D eigenvalue weighted by molar-refractivity contribution is 7.99. The SMILES string of the molecule is Cc1nnc(Sc2cc(C(C)O)ccn2)n1C. The first kappa shape index (κ1) is 12.1. The second-order valence-corrected chi connectivity index (χ2v) is 4.78. The van der Waals surface area contributed by atoms with Gasteiger partial charge in [-0.3, -0.25) is 0 Å². The lowest BCUT2D eigenvalue weighted by Crippen LogP contribution is -1.95. The molecule has 0 spiro atoms. The summed E-state index contributed by atoms with van der Waals surface area (Å²) in [6.07, 6.45) is 1.20. The fourth-order valence-electron chi connectivity index (χ4n) is 1.31. The van der Waals surface area contributed by atoms with Crippen molar-refractivity contribution >= 4 is 11.8 Å². The highest BCUT2D eigenvalue weighted by Crippen LogP contribution is 2.26. The van der Waals surface area contributed by atoms with Crippen molar-refractivity contribution in [3.8, 4) is 0 Å². The predicted molar refractivity (Wildman–Crippen MR) is 64.7 cm³/mol. The molecule has 1 N–H and O–H groups in total. The van der Waals surface area contributed by atoms with Crippen LogP contribution in [-0.4, -0.2) is 24.9 Å². The first-order valence-corrected chi connectivity index (χ1v) is 6.07. The van der Waals surface area contributed by atoms with Gasteiger partial charge in [0.25, 0.3) is 0 Å². The van der Waals surface area contributed by atoms with Crippen LogP contribution in [0.2, 0.25) is 0 Å². The molecular formula is C11H14N4OS. The van der Waals surface area contributed by atoms with E-state index in [1.807, 2.05) is 24.6 Å². The van der Waals surface area contributed by atoms with E-state index < -0.39 is 6.10 Å². The monoisotopic (exact) mass is 250 g/mol. The number of hydrogen-bond donors (Lipinski definition) is 1. The Morgan fingerprint density at radius 3 is 2.76 bits per heavy atom. The molecule has 0 aromatic carbocycles. The first-order valence-electron chi connectivity index (χ1n) is 5.26. The van der Waals surface area contributed by atoms with Gasteiger partial charge in [0, 0.05) is 13.2 Å².